The van der Waals surface area contributed by atoms with Gasteiger partial charge in [-0.3, -0.25) is 9.11 Å². The van der Waals surface area contributed by atoms with E-state index in [0.717, 1.165) is 24.3 Å². The molecule has 0 aliphatic rings. The lowest BCUT2D eigenvalue weighted by atomic mass is 10.0. The number of nitrogen functional groups attached to an aromatic ring is 2. The summed E-state index contributed by atoms with van der Waals surface area (Å²) in [5, 5.41) is -0.210. The molecular formula is C12H10Cl2N2O6S2. The Labute approximate surface area is 147 Å². The predicted molar refractivity (Wildman–Crippen MR) is 90.4 cm³/mol. The smallest absolute Gasteiger partial charge is 0.295 e. The van der Waals surface area contributed by atoms with Crippen molar-refractivity contribution in [3.63, 3.8) is 0 Å². The quantitative estimate of drug-likeness (QED) is 0.440. The van der Waals surface area contributed by atoms with Crippen LogP contribution in [-0.2, 0) is 20.2 Å². The first-order valence-corrected chi connectivity index (χ1v) is 9.59. The molecule has 0 spiro atoms. The van der Waals surface area contributed by atoms with Crippen LogP contribution in [0.1, 0.15) is 0 Å². The fourth-order valence-electron chi connectivity index (χ4n) is 1.99. The molecule has 24 heavy (non-hydrogen) atoms. The highest BCUT2D eigenvalue weighted by molar-refractivity contribution is 7.86. The number of halogens is 2. The Balaban J connectivity index is 3.02. The zero-order valence-corrected chi connectivity index (χ0v) is 14.7. The lowest BCUT2D eigenvalue weighted by molar-refractivity contribution is 0.480. The zero-order chi connectivity index (χ0) is 18.4. The highest BCUT2D eigenvalue weighted by Gasteiger charge is 2.25. The largest absolute Gasteiger partial charge is 0.397 e. The van der Waals surface area contributed by atoms with Crippen LogP contribution >= 0.6 is 23.2 Å². The first-order valence-electron chi connectivity index (χ1n) is 5.95. The molecule has 0 saturated heterocycles. The van der Waals surface area contributed by atoms with Crippen LogP contribution in [0.2, 0.25) is 10.0 Å². The molecule has 0 fully saturated rings. The van der Waals surface area contributed by atoms with Gasteiger partial charge in [-0.25, -0.2) is 0 Å². The molecule has 0 aromatic heterocycles. The molecule has 0 bridgehead atoms. The van der Waals surface area contributed by atoms with Crippen molar-refractivity contribution in [2.75, 3.05) is 11.5 Å². The molecule has 2 aromatic rings. The van der Waals surface area contributed by atoms with E-state index >= 15 is 0 Å². The van der Waals surface area contributed by atoms with Crippen LogP contribution in [0.4, 0.5) is 11.4 Å². The minimum absolute atomic E-state index is 0.105. The summed E-state index contributed by atoms with van der Waals surface area (Å²) in [4.78, 5) is -1.43. The average molecular weight is 413 g/mol. The molecule has 0 radical (unpaired) electrons. The Morgan fingerprint density at radius 3 is 1.25 bits per heavy atom. The van der Waals surface area contributed by atoms with Crippen LogP contribution in [0.15, 0.2) is 34.1 Å². The molecule has 0 heterocycles. The number of anilines is 2. The summed E-state index contributed by atoms with van der Waals surface area (Å²) in [6, 6.07) is 3.75. The van der Waals surface area contributed by atoms with Gasteiger partial charge in [0.1, 0.15) is 9.79 Å². The molecule has 6 N–H and O–H groups in total. The molecule has 0 amide bonds. The van der Waals surface area contributed by atoms with Crippen molar-refractivity contribution in [3.8, 4) is 11.1 Å². The predicted octanol–water partition coefficient (Wildman–Crippen LogP) is 2.32. The Hall–Kier alpha value is -1.56. The van der Waals surface area contributed by atoms with Crippen molar-refractivity contribution in [1.29, 1.82) is 0 Å². The van der Waals surface area contributed by atoms with Crippen molar-refractivity contribution < 1.29 is 25.9 Å². The summed E-state index contributed by atoms with van der Waals surface area (Å²) in [6.45, 7) is 0. The molecule has 0 saturated carbocycles. The number of hydrogen-bond donors (Lipinski definition) is 4. The maximum Gasteiger partial charge on any atom is 0.295 e. The first-order chi connectivity index (χ1) is 10.8. The number of benzene rings is 2. The molecule has 2 rings (SSSR count). The van der Waals surface area contributed by atoms with Crippen molar-refractivity contribution in [1.82, 2.24) is 0 Å². The molecule has 12 heteroatoms. The summed E-state index contributed by atoms with van der Waals surface area (Å²) < 4.78 is 65.1. The third kappa shape index (κ3) is 3.58. The van der Waals surface area contributed by atoms with Gasteiger partial charge in [-0.15, -0.1) is 0 Å². The van der Waals surface area contributed by atoms with Crippen molar-refractivity contribution in [2.45, 2.75) is 9.79 Å². The number of hydrogen-bond acceptors (Lipinski definition) is 6. The van der Waals surface area contributed by atoms with Gasteiger partial charge in [-0.2, -0.15) is 16.8 Å². The van der Waals surface area contributed by atoms with E-state index in [-0.39, 0.29) is 32.5 Å². The lowest BCUT2D eigenvalue weighted by Crippen LogP contribution is -2.07. The second-order valence-corrected chi connectivity index (χ2v) is 8.28. The molecule has 130 valence electrons. The van der Waals surface area contributed by atoms with Gasteiger partial charge in [0, 0.05) is 11.1 Å². The van der Waals surface area contributed by atoms with Crippen LogP contribution in [-0.4, -0.2) is 25.9 Å². The average Bonchev–Trinajstić information content (AvgIpc) is 2.41. The van der Waals surface area contributed by atoms with E-state index in [4.69, 9.17) is 34.7 Å². The van der Waals surface area contributed by atoms with Gasteiger partial charge < -0.3 is 11.5 Å². The Morgan fingerprint density at radius 1 is 0.708 bits per heavy atom. The van der Waals surface area contributed by atoms with Crippen LogP contribution in [0.25, 0.3) is 11.1 Å². The first kappa shape index (κ1) is 18.8. The van der Waals surface area contributed by atoms with Crippen molar-refractivity contribution in [2.24, 2.45) is 0 Å². The van der Waals surface area contributed by atoms with Crippen molar-refractivity contribution >= 4 is 54.8 Å². The minimum Gasteiger partial charge on any atom is -0.397 e. The topological polar surface area (TPSA) is 161 Å². The third-order valence-electron chi connectivity index (χ3n) is 3.04. The molecule has 0 aliphatic carbocycles. The molecule has 0 aliphatic heterocycles. The summed E-state index contributed by atoms with van der Waals surface area (Å²) in [7, 11) is -9.59. The monoisotopic (exact) mass is 412 g/mol. The minimum atomic E-state index is -4.80. The standard InChI is InChI=1S/C12H10Cl2N2O6S2/c13-7-1-5(11(3-9(7)15)23(17,18)19)6-2-8(14)10(16)4-12(6)24(20,21)22/h1-4H,15-16H2,(H,17,18,19)(H,20,21,22). The summed E-state index contributed by atoms with van der Waals surface area (Å²) in [5.41, 5.74) is 10.1. The highest BCUT2D eigenvalue weighted by Crippen LogP contribution is 2.39. The Morgan fingerprint density at radius 2 is 1.00 bits per heavy atom. The fourth-order valence-corrected chi connectivity index (χ4v) is 3.76. The summed E-state index contributed by atoms with van der Waals surface area (Å²) in [5.74, 6) is 0. The zero-order valence-electron chi connectivity index (χ0n) is 11.6. The number of rotatable bonds is 3. The normalized spacial score (nSPS) is 12.3. The van der Waals surface area contributed by atoms with Gasteiger partial charge >= 0.3 is 0 Å². The molecule has 0 atom stereocenters. The van der Waals surface area contributed by atoms with E-state index in [1.54, 1.807) is 0 Å². The molecular weight excluding hydrogens is 403 g/mol. The summed E-state index contributed by atoms with van der Waals surface area (Å²) >= 11 is 11.7. The van der Waals surface area contributed by atoms with Gasteiger partial charge in [-0.05, 0) is 24.3 Å². The second kappa shape index (κ2) is 6.06. The van der Waals surface area contributed by atoms with Gasteiger partial charge in [0.05, 0.1) is 21.4 Å². The van der Waals surface area contributed by atoms with Crippen LogP contribution < -0.4 is 11.5 Å². The lowest BCUT2D eigenvalue weighted by Gasteiger charge is -2.14. The van der Waals surface area contributed by atoms with E-state index in [0.29, 0.717) is 0 Å². The second-order valence-electron chi connectivity index (χ2n) is 4.69. The fraction of sp³-hybridized carbons (Fsp3) is 0. The van der Waals surface area contributed by atoms with Gasteiger partial charge in [0.25, 0.3) is 20.2 Å². The van der Waals surface area contributed by atoms with E-state index in [9.17, 15) is 25.9 Å². The van der Waals surface area contributed by atoms with Crippen LogP contribution in [0.5, 0.6) is 0 Å². The maximum absolute atomic E-state index is 11.6. The van der Waals surface area contributed by atoms with Crippen LogP contribution in [0.3, 0.4) is 0 Å². The molecule has 0 unspecified atom stereocenters. The Kier molecular flexibility index (Phi) is 4.74. The molecule has 8 nitrogen and oxygen atoms in total. The van der Waals surface area contributed by atoms with E-state index < -0.39 is 30.0 Å². The van der Waals surface area contributed by atoms with E-state index in [1.165, 1.54) is 0 Å². The third-order valence-corrected chi connectivity index (χ3v) is 5.49. The SMILES string of the molecule is Nc1cc(S(=O)(=O)O)c(-c2cc(Cl)c(N)cc2S(=O)(=O)O)cc1Cl. The van der Waals surface area contributed by atoms with E-state index in [1.807, 2.05) is 0 Å². The highest BCUT2D eigenvalue weighted by atomic mass is 35.5. The van der Waals surface area contributed by atoms with E-state index in [2.05, 4.69) is 0 Å². The van der Waals surface area contributed by atoms with Gasteiger partial charge in [0.15, 0.2) is 0 Å². The maximum atomic E-state index is 11.6. The summed E-state index contributed by atoms with van der Waals surface area (Å²) in [6.07, 6.45) is 0. The van der Waals surface area contributed by atoms with Crippen molar-refractivity contribution in [3.05, 3.63) is 34.3 Å². The van der Waals surface area contributed by atoms with Crippen LogP contribution in [0, 0.1) is 0 Å². The van der Waals surface area contributed by atoms with Gasteiger partial charge in [-0.1, -0.05) is 23.2 Å². The Bertz CT molecular complexity index is 966. The molecule has 2 aromatic carbocycles. The van der Waals surface area contributed by atoms with Gasteiger partial charge in [0.2, 0.25) is 0 Å². The number of nitrogens with two attached hydrogens (primary N) is 2.